The Morgan fingerprint density at radius 3 is 2.11 bits per heavy atom. The van der Waals surface area contributed by atoms with Crippen LogP contribution in [-0.2, 0) is 4.79 Å². The Morgan fingerprint density at radius 2 is 1.39 bits per heavy atom. The molecule has 0 spiro atoms. The van der Waals surface area contributed by atoms with E-state index in [4.69, 9.17) is 0 Å². The fourth-order valence-electron chi connectivity index (χ4n) is 2.81. The molecule has 3 rings (SSSR count). The molecule has 0 aromatic heterocycles. The minimum absolute atomic E-state index is 0.0450. The molecule has 0 aliphatic carbocycles. The summed E-state index contributed by atoms with van der Waals surface area (Å²) in [7, 11) is 0. The van der Waals surface area contributed by atoms with Crippen LogP contribution in [0.5, 0.6) is 0 Å². The van der Waals surface area contributed by atoms with Crippen LogP contribution >= 0.6 is 0 Å². The topological polar surface area (TPSA) is 70.2 Å². The van der Waals surface area contributed by atoms with E-state index in [1.54, 1.807) is 24.3 Å². The van der Waals surface area contributed by atoms with Crippen LogP contribution in [0.15, 0.2) is 84.9 Å². The van der Waals surface area contributed by atoms with Crippen molar-refractivity contribution in [2.75, 3.05) is 17.2 Å². The number of rotatable bonds is 7. The van der Waals surface area contributed by atoms with Gasteiger partial charge in [0, 0.05) is 11.7 Å². The Morgan fingerprint density at radius 1 is 0.786 bits per heavy atom. The smallest absolute Gasteiger partial charge is 0.257 e. The average molecular weight is 373 g/mol. The van der Waals surface area contributed by atoms with Crippen LogP contribution in [0.25, 0.3) is 0 Å². The van der Waals surface area contributed by atoms with Crippen LogP contribution in [0.3, 0.4) is 0 Å². The number of hydrogen-bond acceptors (Lipinski definition) is 3. The molecule has 0 unspecified atom stereocenters. The number of amides is 2. The van der Waals surface area contributed by atoms with E-state index in [0.29, 0.717) is 16.9 Å². The third-order valence-corrected chi connectivity index (χ3v) is 4.35. The second kappa shape index (κ2) is 9.48. The zero-order chi connectivity index (χ0) is 19.8. The maximum absolute atomic E-state index is 12.6. The molecular weight excluding hydrogens is 350 g/mol. The van der Waals surface area contributed by atoms with E-state index in [1.165, 1.54) is 0 Å². The zero-order valence-electron chi connectivity index (χ0n) is 15.7. The van der Waals surface area contributed by atoms with Crippen LogP contribution in [0.4, 0.5) is 11.4 Å². The van der Waals surface area contributed by atoms with Gasteiger partial charge in [0.1, 0.15) is 0 Å². The van der Waals surface area contributed by atoms with E-state index in [1.807, 2.05) is 67.6 Å². The number of benzene rings is 3. The number of anilines is 2. The van der Waals surface area contributed by atoms with Crippen molar-refractivity contribution in [1.82, 2.24) is 5.32 Å². The molecule has 0 bridgehead atoms. The summed E-state index contributed by atoms with van der Waals surface area (Å²) in [4.78, 5) is 25.0. The summed E-state index contributed by atoms with van der Waals surface area (Å²) in [6.45, 7) is 2.15. The number of nitrogens with one attached hydrogen (secondary N) is 3. The lowest BCUT2D eigenvalue weighted by Gasteiger charge is -2.15. The Hall–Kier alpha value is -3.44. The zero-order valence-corrected chi connectivity index (χ0v) is 15.7. The van der Waals surface area contributed by atoms with Crippen molar-refractivity contribution in [3.8, 4) is 0 Å². The van der Waals surface area contributed by atoms with E-state index in [-0.39, 0.29) is 24.4 Å². The highest BCUT2D eigenvalue weighted by molar-refractivity contribution is 6.10. The molecule has 3 N–H and O–H groups in total. The molecule has 28 heavy (non-hydrogen) atoms. The highest BCUT2D eigenvalue weighted by Gasteiger charge is 2.14. The van der Waals surface area contributed by atoms with Gasteiger partial charge in [-0.3, -0.25) is 9.59 Å². The average Bonchev–Trinajstić information content (AvgIpc) is 2.73. The fraction of sp³-hybridized carbons (Fsp3) is 0.130. The molecule has 0 saturated heterocycles. The number of carbonyl (C=O) groups is 2. The van der Waals surface area contributed by atoms with Crippen molar-refractivity contribution in [3.63, 3.8) is 0 Å². The maximum Gasteiger partial charge on any atom is 0.257 e. The summed E-state index contributed by atoms with van der Waals surface area (Å²) in [6.07, 6.45) is 0. The van der Waals surface area contributed by atoms with E-state index >= 15 is 0 Å². The first-order valence-electron chi connectivity index (χ1n) is 9.17. The lowest BCUT2D eigenvalue weighted by atomic mass is 10.1. The van der Waals surface area contributed by atoms with Gasteiger partial charge in [-0.1, -0.05) is 60.7 Å². The Bertz CT molecular complexity index is 927. The third-order valence-electron chi connectivity index (χ3n) is 4.35. The number of para-hydroxylation sites is 2. The predicted octanol–water partition coefficient (Wildman–Crippen LogP) is 4.23. The van der Waals surface area contributed by atoms with Gasteiger partial charge in [0.2, 0.25) is 5.91 Å². The van der Waals surface area contributed by atoms with E-state index in [9.17, 15) is 9.59 Å². The predicted molar refractivity (Wildman–Crippen MR) is 112 cm³/mol. The van der Waals surface area contributed by atoms with Crippen LogP contribution < -0.4 is 16.0 Å². The van der Waals surface area contributed by atoms with E-state index in [0.717, 1.165) is 5.56 Å². The number of hydrogen-bond donors (Lipinski definition) is 3. The first kappa shape index (κ1) is 19.3. The second-order valence-electron chi connectivity index (χ2n) is 6.43. The van der Waals surface area contributed by atoms with Crippen molar-refractivity contribution in [1.29, 1.82) is 0 Å². The first-order valence-corrected chi connectivity index (χ1v) is 9.17. The van der Waals surface area contributed by atoms with Crippen molar-refractivity contribution in [3.05, 3.63) is 96.1 Å². The molecule has 0 radical (unpaired) electrons. The molecular formula is C23H23N3O2. The van der Waals surface area contributed by atoms with Crippen molar-refractivity contribution in [2.24, 2.45) is 0 Å². The molecule has 3 aromatic rings. The maximum atomic E-state index is 12.6. The molecule has 0 heterocycles. The van der Waals surface area contributed by atoms with Crippen LogP contribution in [-0.4, -0.2) is 18.4 Å². The van der Waals surface area contributed by atoms with E-state index in [2.05, 4.69) is 16.0 Å². The van der Waals surface area contributed by atoms with Gasteiger partial charge in [-0.25, -0.2) is 0 Å². The molecule has 0 aliphatic rings. The van der Waals surface area contributed by atoms with Crippen molar-refractivity contribution >= 4 is 23.2 Å². The molecule has 2 amide bonds. The normalized spacial score (nSPS) is 11.5. The molecule has 0 aliphatic heterocycles. The molecule has 0 saturated carbocycles. The SMILES string of the molecule is C[C@H](NCC(=O)Nc1ccccc1C(=O)Nc1ccccc1)c1ccccc1. The van der Waals surface area contributed by atoms with E-state index < -0.39 is 0 Å². The lowest BCUT2D eigenvalue weighted by Crippen LogP contribution is -2.30. The standard InChI is InChI=1S/C23H23N3O2/c1-17(18-10-4-2-5-11-18)24-16-22(27)26-21-15-9-8-14-20(21)23(28)25-19-12-6-3-7-13-19/h2-15,17,24H,16H2,1H3,(H,25,28)(H,26,27)/t17-/m0/s1. The minimum atomic E-state index is -0.271. The van der Waals surface area contributed by atoms with Gasteiger partial charge in [0.15, 0.2) is 0 Å². The van der Waals surface area contributed by atoms with Gasteiger partial charge < -0.3 is 16.0 Å². The van der Waals surface area contributed by atoms with Gasteiger partial charge in [-0.2, -0.15) is 0 Å². The molecule has 0 fully saturated rings. The van der Waals surface area contributed by atoms with Crippen LogP contribution in [0, 0.1) is 0 Å². The molecule has 1 atom stereocenters. The summed E-state index contributed by atoms with van der Waals surface area (Å²) >= 11 is 0. The Balaban J connectivity index is 1.61. The molecule has 5 heteroatoms. The summed E-state index contributed by atoms with van der Waals surface area (Å²) in [5, 5.41) is 8.85. The summed E-state index contributed by atoms with van der Waals surface area (Å²) in [5.74, 6) is -0.476. The van der Waals surface area contributed by atoms with Gasteiger partial charge in [0.05, 0.1) is 17.8 Å². The van der Waals surface area contributed by atoms with Crippen LogP contribution in [0.2, 0.25) is 0 Å². The molecule has 142 valence electrons. The van der Waals surface area contributed by atoms with Gasteiger partial charge >= 0.3 is 0 Å². The van der Waals surface area contributed by atoms with Crippen LogP contribution in [0.1, 0.15) is 28.9 Å². The molecule has 3 aromatic carbocycles. The van der Waals surface area contributed by atoms with Gasteiger partial charge in [-0.15, -0.1) is 0 Å². The fourth-order valence-corrected chi connectivity index (χ4v) is 2.81. The summed E-state index contributed by atoms with van der Waals surface area (Å²) in [6, 6.07) is 26.1. The van der Waals surface area contributed by atoms with Gasteiger partial charge in [0.25, 0.3) is 5.91 Å². The first-order chi connectivity index (χ1) is 13.6. The molecule has 5 nitrogen and oxygen atoms in total. The third kappa shape index (κ3) is 5.28. The lowest BCUT2D eigenvalue weighted by molar-refractivity contribution is -0.115. The summed E-state index contributed by atoms with van der Waals surface area (Å²) < 4.78 is 0. The second-order valence-corrected chi connectivity index (χ2v) is 6.43. The van der Waals surface area contributed by atoms with Crippen molar-refractivity contribution < 1.29 is 9.59 Å². The van der Waals surface area contributed by atoms with Crippen molar-refractivity contribution in [2.45, 2.75) is 13.0 Å². The summed E-state index contributed by atoms with van der Waals surface area (Å²) in [5.41, 5.74) is 2.70. The Kier molecular flexibility index (Phi) is 6.54. The Labute approximate surface area is 164 Å². The number of carbonyl (C=O) groups excluding carboxylic acids is 2. The monoisotopic (exact) mass is 373 g/mol. The quantitative estimate of drug-likeness (QED) is 0.580. The highest BCUT2D eigenvalue weighted by Crippen LogP contribution is 2.17. The largest absolute Gasteiger partial charge is 0.324 e. The highest BCUT2D eigenvalue weighted by atomic mass is 16.2. The van der Waals surface area contributed by atoms with Gasteiger partial charge in [-0.05, 0) is 36.8 Å². The minimum Gasteiger partial charge on any atom is -0.324 e.